The molecule has 5 heteroatoms. The Balaban J connectivity index is 2.30. The van der Waals surface area contributed by atoms with E-state index in [0.717, 1.165) is 28.8 Å². The van der Waals surface area contributed by atoms with Gasteiger partial charge in [0.1, 0.15) is 5.82 Å². The van der Waals surface area contributed by atoms with Crippen LogP contribution in [0.1, 0.15) is 22.8 Å². The van der Waals surface area contributed by atoms with Gasteiger partial charge in [-0.05, 0) is 31.2 Å². The summed E-state index contributed by atoms with van der Waals surface area (Å²) < 4.78 is 28.1. The molecule has 0 atom stereocenters. The van der Waals surface area contributed by atoms with Crippen LogP contribution in [0.2, 0.25) is 0 Å². The number of benzene rings is 1. The molecule has 0 bridgehead atoms. The van der Waals surface area contributed by atoms with Gasteiger partial charge in [0.05, 0.1) is 5.69 Å². The van der Waals surface area contributed by atoms with Crippen LogP contribution in [0, 0.1) is 18.6 Å². The van der Waals surface area contributed by atoms with E-state index in [-0.39, 0.29) is 0 Å². The number of aromatic nitrogens is 2. The molecule has 2 aromatic rings. The Morgan fingerprint density at radius 2 is 2.00 bits per heavy atom. The van der Waals surface area contributed by atoms with Crippen LogP contribution in [-0.2, 0) is 19.9 Å². The summed E-state index contributed by atoms with van der Waals surface area (Å²) >= 11 is 0. The summed E-state index contributed by atoms with van der Waals surface area (Å²) in [6, 6.07) is 3.97. The molecular formula is C14H17F2N3. The average Bonchev–Trinajstić information content (AvgIpc) is 2.62. The molecule has 0 spiro atoms. The third-order valence-electron chi connectivity index (χ3n) is 3.23. The fourth-order valence-corrected chi connectivity index (χ4v) is 2.17. The first kappa shape index (κ1) is 13.7. The average molecular weight is 265 g/mol. The number of nitrogens with two attached hydrogens (primary N) is 1. The van der Waals surface area contributed by atoms with Gasteiger partial charge in [-0.2, -0.15) is 0 Å². The molecule has 0 unspecified atom stereocenters. The number of nitrogens with zero attached hydrogens (tertiary/aromatic N) is 2. The molecule has 3 nitrogen and oxygen atoms in total. The summed E-state index contributed by atoms with van der Waals surface area (Å²) in [4.78, 5) is 4.45. The van der Waals surface area contributed by atoms with Crippen molar-refractivity contribution in [1.82, 2.24) is 9.55 Å². The van der Waals surface area contributed by atoms with Crippen molar-refractivity contribution in [2.45, 2.75) is 19.8 Å². The molecule has 0 saturated carbocycles. The van der Waals surface area contributed by atoms with E-state index in [1.54, 1.807) is 6.07 Å². The van der Waals surface area contributed by atoms with Crippen LogP contribution in [0.3, 0.4) is 0 Å². The smallest absolute Gasteiger partial charge is 0.159 e. The highest BCUT2D eigenvalue weighted by Gasteiger charge is 2.12. The zero-order valence-electron chi connectivity index (χ0n) is 11.1. The number of hydrogen-bond acceptors (Lipinski definition) is 2. The van der Waals surface area contributed by atoms with Crippen molar-refractivity contribution >= 4 is 0 Å². The largest absolute Gasteiger partial charge is 0.334 e. The number of imidazole rings is 1. The van der Waals surface area contributed by atoms with Crippen molar-refractivity contribution in [3.63, 3.8) is 0 Å². The molecule has 0 saturated heterocycles. The quantitative estimate of drug-likeness (QED) is 0.920. The Morgan fingerprint density at radius 3 is 2.63 bits per heavy atom. The van der Waals surface area contributed by atoms with Crippen LogP contribution in [-0.4, -0.2) is 16.1 Å². The van der Waals surface area contributed by atoms with Crippen molar-refractivity contribution in [3.8, 4) is 0 Å². The molecular weight excluding hydrogens is 248 g/mol. The molecule has 2 rings (SSSR count). The van der Waals surface area contributed by atoms with E-state index in [1.165, 1.54) is 6.07 Å². The predicted octanol–water partition coefficient (Wildman–Crippen LogP) is 2.10. The van der Waals surface area contributed by atoms with E-state index in [2.05, 4.69) is 4.98 Å². The summed E-state index contributed by atoms with van der Waals surface area (Å²) in [6.07, 6.45) is 1.23. The number of hydrogen-bond donors (Lipinski definition) is 1. The molecule has 0 aliphatic rings. The van der Waals surface area contributed by atoms with E-state index in [9.17, 15) is 8.78 Å². The zero-order chi connectivity index (χ0) is 14.0. The first-order valence-electron chi connectivity index (χ1n) is 6.18. The number of aryl methyl sites for hydroxylation is 1. The highest BCUT2D eigenvalue weighted by Crippen LogP contribution is 2.17. The first-order valence-corrected chi connectivity index (χ1v) is 6.18. The zero-order valence-corrected chi connectivity index (χ0v) is 11.1. The third-order valence-corrected chi connectivity index (χ3v) is 3.23. The monoisotopic (exact) mass is 265 g/mol. The maximum atomic E-state index is 13.2. The second-order valence-corrected chi connectivity index (χ2v) is 4.58. The second-order valence-electron chi connectivity index (χ2n) is 4.58. The maximum Gasteiger partial charge on any atom is 0.159 e. The number of halogens is 2. The van der Waals surface area contributed by atoms with E-state index in [0.29, 0.717) is 19.4 Å². The lowest BCUT2D eigenvalue weighted by Gasteiger charge is -2.07. The van der Waals surface area contributed by atoms with Gasteiger partial charge in [-0.1, -0.05) is 6.07 Å². The Kier molecular flexibility index (Phi) is 3.95. The van der Waals surface area contributed by atoms with E-state index in [4.69, 9.17) is 5.73 Å². The Morgan fingerprint density at radius 1 is 1.26 bits per heavy atom. The molecule has 0 amide bonds. The topological polar surface area (TPSA) is 43.8 Å². The van der Waals surface area contributed by atoms with Crippen LogP contribution >= 0.6 is 0 Å². The molecule has 1 aromatic heterocycles. The lowest BCUT2D eigenvalue weighted by atomic mass is 10.1. The Labute approximate surface area is 111 Å². The Bertz CT molecular complexity index is 591. The summed E-state index contributed by atoms with van der Waals surface area (Å²) in [5.74, 6) is -0.730. The van der Waals surface area contributed by atoms with Gasteiger partial charge < -0.3 is 10.3 Å². The van der Waals surface area contributed by atoms with Crippen molar-refractivity contribution < 1.29 is 8.78 Å². The molecule has 2 N–H and O–H groups in total. The minimum absolute atomic E-state index is 0.525. The second kappa shape index (κ2) is 5.48. The van der Waals surface area contributed by atoms with Gasteiger partial charge in [0, 0.05) is 25.6 Å². The Hall–Kier alpha value is -1.75. The van der Waals surface area contributed by atoms with Crippen molar-refractivity contribution in [3.05, 3.63) is 52.6 Å². The summed E-state index contributed by atoms with van der Waals surface area (Å²) in [5, 5.41) is 0. The lowest BCUT2D eigenvalue weighted by Crippen LogP contribution is -2.09. The molecule has 1 aromatic carbocycles. The summed E-state index contributed by atoms with van der Waals surface area (Å²) in [5.41, 5.74) is 8.15. The molecule has 0 fully saturated rings. The molecule has 0 aliphatic carbocycles. The summed E-state index contributed by atoms with van der Waals surface area (Å²) in [7, 11) is 1.92. The highest BCUT2D eigenvalue weighted by molar-refractivity contribution is 5.27. The molecule has 0 aliphatic heterocycles. The predicted molar refractivity (Wildman–Crippen MR) is 69.9 cm³/mol. The molecule has 1 heterocycles. The fourth-order valence-electron chi connectivity index (χ4n) is 2.17. The standard InChI is InChI=1S/C14H17F2N3/c1-9-13(19(2)14(18-9)5-6-17)8-10-3-4-11(15)12(16)7-10/h3-4,7H,5-6,8,17H2,1-2H3. The third kappa shape index (κ3) is 2.81. The number of rotatable bonds is 4. The van der Waals surface area contributed by atoms with Gasteiger partial charge in [0.15, 0.2) is 11.6 Å². The van der Waals surface area contributed by atoms with Crippen LogP contribution < -0.4 is 5.73 Å². The SMILES string of the molecule is Cc1nc(CCN)n(C)c1Cc1ccc(F)c(F)c1. The van der Waals surface area contributed by atoms with Gasteiger partial charge in [0.2, 0.25) is 0 Å². The molecule has 102 valence electrons. The van der Waals surface area contributed by atoms with Crippen LogP contribution in [0.25, 0.3) is 0 Å². The van der Waals surface area contributed by atoms with Crippen molar-refractivity contribution in [1.29, 1.82) is 0 Å². The molecule has 19 heavy (non-hydrogen) atoms. The van der Waals surface area contributed by atoms with Crippen LogP contribution in [0.15, 0.2) is 18.2 Å². The van der Waals surface area contributed by atoms with Gasteiger partial charge in [-0.25, -0.2) is 13.8 Å². The van der Waals surface area contributed by atoms with Gasteiger partial charge in [-0.3, -0.25) is 0 Å². The minimum Gasteiger partial charge on any atom is -0.334 e. The fraction of sp³-hybridized carbons (Fsp3) is 0.357. The van der Waals surface area contributed by atoms with E-state index >= 15 is 0 Å². The van der Waals surface area contributed by atoms with Crippen molar-refractivity contribution in [2.24, 2.45) is 12.8 Å². The van der Waals surface area contributed by atoms with E-state index < -0.39 is 11.6 Å². The van der Waals surface area contributed by atoms with Crippen molar-refractivity contribution in [2.75, 3.05) is 6.54 Å². The molecule has 0 radical (unpaired) electrons. The summed E-state index contributed by atoms with van der Waals surface area (Å²) in [6.45, 7) is 2.45. The van der Waals surface area contributed by atoms with Gasteiger partial charge >= 0.3 is 0 Å². The maximum absolute atomic E-state index is 13.2. The first-order chi connectivity index (χ1) is 9.02. The minimum atomic E-state index is -0.825. The van der Waals surface area contributed by atoms with Crippen LogP contribution in [0.5, 0.6) is 0 Å². The van der Waals surface area contributed by atoms with Gasteiger partial charge in [-0.15, -0.1) is 0 Å². The normalized spacial score (nSPS) is 11.0. The lowest BCUT2D eigenvalue weighted by molar-refractivity contribution is 0.507. The van der Waals surface area contributed by atoms with Gasteiger partial charge in [0.25, 0.3) is 0 Å². The highest BCUT2D eigenvalue weighted by atomic mass is 19.2. The van der Waals surface area contributed by atoms with Crippen LogP contribution in [0.4, 0.5) is 8.78 Å². The van der Waals surface area contributed by atoms with E-state index in [1.807, 2.05) is 18.5 Å².